The number of rotatable bonds is 4. The Bertz CT molecular complexity index is 658. The molecule has 0 atom stereocenters. The van der Waals surface area contributed by atoms with Crippen LogP contribution in [-0.4, -0.2) is 41.6 Å². The molecule has 0 unspecified atom stereocenters. The number of imidazole rings is 1. The van der Waals surface area contributed by atoms with E-state index in [9.17, 15) is 4.79 Å². The molecule has 1 N–H and O–H groups in total. The van der Waals surface area contributed by atoms with E-state index in [-0.39, 0.29) is 5.97 Å². The second-order valence-electron chi connectivity index (χ2n) is 5.32. The molecule has 2 heterocycles. The third kappa shape index (κ3) is 1.92. The second kappa shape index (κ2) is 4.47. The highest BCUT2D eigenvalue weighted by Gasteiger charge is 2.55. The number of nitrogens with one attached hydrogen (secondary N) is 1. The van der Waals surface area contributed by atoms with E-state index < -0.39 is 5.41 Å². The van der Waals surface area contributed by atoms with Crippen molar-refractivity contribution in [2.45, 2.75) is 25.2 Å². The van der Waals surface area contributed by atoms with Crippen LogP contribution in [0.2, 0.25) is 0 Å². The quantitative estimate of drug-likeness (QED) is 0.858. The van der Waals surface area contributed by atoms with Crippen LogP contribution in [0.5, 0.6) is 0 Å². The van der Waals surface area contributed by atoms with Gasteiger partial charge >= 0.3 is 5.97 Å². The fraction of sp³-hybridized carbons (Fsp3) is 0.500. The van der Waals surface area contributed by atoms with Crippen molar-refractivity contribution in [3.05, 3.63) is 18.0 Å². The normalized spacial score (nSPS) is 16.1. The molecule has 6 nitrogen and oxygen atoms in total. The molecule has 1 saturated carbocycles. The Morgan fingerprint density at radius 3 is 2.75 bits per heavy atom. The van der Waals surface area contributed by atoms with Crippen molar-refractivity contribution in [1.29, 1.82) is 0 Å². The predicted molar refractivity (Wildman–Crippen MR) is 75.8 cm³/mol. The maximum absolute atomic E-state index is 12.1. The van der Waals surface area contributed by atoms with Crippen LogP contribution in [0.25, 0.3) is 11.2 Å². The average Bonchev–Trinajstić information content (AvgIpc) is 3.12. The molecule has 20 heavy (non-hydrogen) atoms. The number of H-pyrrole nitrogens is 1. The molecule has 106 valence electrons. The summed E-state index contributed by atoms with van der Waals surface area (Å²) in [5.41, 5.74) is 0.914. The fourth-order valence-electron chi connectivity index (χ4n) is 2.29. The highest BCUT2D eigenvalue weighted by Crippen LogP contribution is 2.48. The molecule has 6 heteroatoms. The van der Waals surface area contributed by atoms with Gasteiger partial charge in [0.05, 0.1) is 12.1 Å². The predicted octanol–water partition coefficient (Wildman–Crippen LogP) is 1.62. The summed E-state index contributed by atoms with van der Waals surface area (Å²) in [6, 6.07) is 3.86. The Hall–Kier alpha value is -2.11. The molecule has 0 spiro atoms. The molecule has 0 aliphatic heterocycles. The highest BCUT2D eigenvalue weighted by atomic mass is 16.5. The lowest BCUT2D eigenvalue weighted by Crippen LogP contribution is -2.24. The standard InChI is InChI=1S/C14H18N4O2/c1-4-20-13(19)14(7-8-14)12-15-9-5-6-10(18(2)3)16-11(9)17-12/h5-6H,4,7-8H2,1-3H3,(H,15,16,17). The molecule has 1 fully saturated rings. The molecule has 0 amide bonds. The van der Waals surface area contributed by atoms with E-state index in [4.69, 9.17) is 4.74 Å². The summed E-state index contributed by atoms with van der Waals surface area (Å²) in [7, 11) is 3.87. The van der Waals surface area contributed by atoms with Gasteiger partial charge in [-0.05, 0) is 31.9 Å². The van der Waals surface area contributed by atoms with Gasteiger partial charge in [0.25, 0.3) is 0 Å². The van der Waals surface area contributed by atoms with E-state index in [0.29, 0.717) is 18.1 Å². The van der Waals surface area contributed by atoms with Gasteiger partial charge in [-0.1, -0.05) is 0 Å². The van der Waals surface area contributed by atoms with E-state index in [1.807, 2.05) is 38.1 Å². The number of hydrogen-bond acceptors (Lipinski definition) is 5. The van der Waals surface area contributed by atoms with Crippen LogP contribution in [0.3, 0.4) is 0 Å². The summed E-state index contributed by atoms with van der Waals surface area (Å²) in [6.07, 6.45) is 1.57. The molecule has 1 aliphatic rings. The van der Waals surface area contributed by atoms with E-state index >= 15 is 0 Å². The molecule has 0 radical (unpaired) electrons. The number of carbonyl (C=O) groups excluding carboxylic acids is 1. The van der Waals surface area contributed by atoms with Gasteiger partial charge in [-0.2, -0.15) is 0 Å². The molecule has 1 aliphatic carbocycles. The number of aromatic amines is 1. The largest absolute Gasteiger partial charge is 0.465 e. The molecule has 0 saturated heterocycles. The fourth-order valence-corrected chi connectivity index (χ4v) is 2.29. The minimum atomic E-state index is -0.574. The van der Waals surface area contributed by atoms with Crippen molar-refractivity contribution in [3.63, 3.8) is 0 Å². The lowest BCUT2D eigenvalue weighted by molar-refractivity contribution is -0.146. The lowest BCUT2D eigenvalue weighted by atomic mass is 10.1. The van der Waals surface area contributed by atoms with Gasteiger partial charge in [0.15, 0.2) is 5.65 Å². The summed E-state index contributed by atoms with van der Waals surface area (Å²) in [5, 5.41) is 0. The van der Waals surface area contributed by atoms with E-state index in [1.165, 1.54) is 0 Å². The molecular weight excluding hydrogens is 256 g/mol. The molecule has 2 aromatic rings. The third-order valence-electron chi connectivity index (χ3n) is 3.66. The Balaban J connectivity index is 1.99. The van der Waals surface area contributed by atoms with Crippen molar-refractivity contribution >= 4 is 23.0 Å². The Kier molecular flexibility index (Phi) is 2.88. The zero-order chi connectivity index (χ0) is 14.3. The number of anilines is 1. The Morgan fingerprint density at radius 1 is 1.40 bits per heavy atom. The highest BCUT2D eigenvalue weighted by molar-refractivity contribution is 5.87. The topological polar surface area (TPSA) is 71.1 Å². The smallest absolute Gasteiger partial charge is 0.319 e. The van der Waals surface area contributed by atoms with Crippen molar-refractivity contribution < 1.29 is 9.53 Å². The minimum Gasteiger partial charge on any atom is -0.465 e. The summed E-state index contributed by atoms with van der Waals surface area (Å²) in [5.74, 6) is 1.33. The van der Waals surface area contributed by atoms with Crippen molar-refractivity contribution in [1.82, 2.24) is 15.0 Å². The molecular formula is C14H18N4O2. The third-order valence-corrected chi connectivity index (χ3v) is 3.66. The van der Waals surface area contributed by atoms with Crippen LogP contribution < -0.4 is 4.90 Å². The summed E-state index contributed by atoms with van der Waals surface area (Å²) in [4.78, 5) is 26.2. The Labute approximate surface area is 117 Å². The monoisotopic (exact) mass is 274 g/mol. The molecule has 0 aromatic carbocycles. The van der Waals surface area contributed by atoms with Crippen LogP contribution >= 0.6 is 0 Å². The van der Waals surface area contributed by atoms with Gasteiger partial charge in [0.1, 0.15) is 17.1 Å². The molecule has 2 aromatic heterocycles. The number of aromatic nitrogens is 3. The zero-order valence-corrected chi connectivity index (χ0v) is 11.9. The number of carbonyl (C=O) groups is 1. The first-order valence-electron chi connectivity index (χ1n) is 6.78. The zero-order valence-electron chi connectivity index (χ0n) is 11.9. The van der Waals surface area contributed by atoms with Crippen LogP contribution in [0.15, 0.2) is 12.1 Å². The number of fused-ring (bicyclic) bond motifs is 1. The average molecular weight is 274 g/mol. The number of pyridine rings is 1. The first-order valence-corrected chi connectivity index (χ1v) is 6.78. The van der Waals surface area contributed by atoms with Crippen LogP contribution in [0, 0.1) is 0 Å². The van der Waals surface area contributed by atoms with E-state index in [2.05, 4.69) is 15.0 Å². The summed E-state index contributed by atoms with van der Waals surface area (Å²) >= 11 is 0. The van der Waals surface area contributed by atoms with Gasteiger partial charge in [-0.25, -0.2) is 9.97 Å². The van der Waals surface area contributed by atoms with E-state index in [1.54, 1.807) is 0 Å². The number of esters is 1. The second-order valence-corrected chi connectivity index (χ2v) is 5.32. The Morgan fingerprint density at radius 2 is 2.15 bits per heavy atom. The SMILES string of the molecule is CCOC(=O)C1(c2nc3nc(N(C)C)ccc3[nH]2)CC1. The van der Waals surface area contributed by atoms with Gasteiger partial charge in [-0.3, -0.25) is 4.79 Å². The van der Waals surface area contributed by atoms with Gasteiger partial charge in [0.2, 0.25) is 0 Å². The van der Waals surface area contributed by atoms with Crippen molar-refractivity contribution in [3.8, 4) is 0 Å². The molecule has 0 bridgehead atoms. The minimum absolute atomic E-state index is 0.188. The van der Waals surface area contributed by atoms with Gasteiger partial charge in [0, 0.05) is 14.1 Å². The van der Waals surface area contributed by atoms with Crippen LogP contribution in [0.4, 0.5) is 5.82 Å². The maximum Gasteiger partial charge on any atom is 0.319 e. The van der Waals surface area contributed by atoms with E-state index in [0.717, 1.165) is 24.2 Å². The maximum atomic E-state index is 12.1. The van der Waals surface area contributed by atoms with Crippen LogP contribution in [0.1, 0.15) is 25.6 Å². The van der Waals surface area contributed by atoms with Gasteiger partial charge < -0.3 is 14.6 Å². The van der Waals surface area contributed by atoms with Crippen LogP contribution in [-0.2, 0) is 14.9 Å². The number of ether oxygens (including phenoxy) is 1. The first-order chi connectivity index (χ1) is 9.56. The lowest BCUT2D eigenvalue weighted by Gasteiger charge is -2.10. The summed E-state index contributed by atoms with van der Waals surface area (Å²) < 4.78 is 5.15. The van der Waals surface area contributed by atoms with Crippen molar-refractivity contribution in [2.75, 3.05) is 25.6 Å². The van der Waals surface area contributed by atoms with Gasteiger partial charge in [-0.15, -0.1) is 0 Å². The number of hydrogen-bond donors (Lipinski definition) is 1. The number of nitrogens with zero attached hydrogens (tertiary/aromatic N) is 3. The van der Waals surface area contributed by atoms with Crippen molar-refractivity contribution in [2.24, 2.45) is 0 Å². The first kappa shape index (κ1) is 12.9. The summed E-state index contributed by atoms with van der Waals surface area (Å²) in [6.45, 7) is 2.21. The molecule has 3 rings (SSSR count).